The van der Waals surface area contributed by atoms with Gasteiger partial charge < -0.3 is 5.32 Å². The third-order valence-corrected chi connectivity index (χ3v) is 5.24. The Balaban J connectivity index is 1.91. The minimum Gasteiger partial charge on any atom is -0.324 e. The maximum Gasteiger partial charge on any atom is 0.262 e. The van der Waals surface area contributed by atoms with Crippen LogP contribution >= 0.6 is 11.8 Å². The molecule has 1 aliphatic rings. The van der Waals surface area contributed by atoms with E-state index in [1.54, 1.807) is 48.5 Å². The van der Waals surface area contributed by atoms with Crippen molar-refractivity contribution in [2.75, 3.05) is 17.3 Å². The molecule has 0 saturated carbocycles. The van der Waals surface area contributed by atoms with Crippen molar-refractivity contribution in [2.24, 2.45) is 0 Å². The number of carbonyl (C=O) groups is 4. The van der Waals surface area contributed by atoms with Crippen LogP contribution in [0.5, 0.6) is 0 Å². The van der Waals surface area contributed by atoms with E-state index < -0.39 is 23.8 Å². The van der Waals surface area contributed by atoms with Gasteiger partial charge in [-0.25, -0.2) is 0 Å². The van der Waals surface area contributed by atoms with Crippen LogP contribution < -0.4 is 5.32 Å². The largest absolute Gasteiger partial charge is 0.324 e. The number of hydrogen-bond acceptors (Lipinski definition) is 5. The van der Waals surface area contributed by atoms with Gasteiger partial charge in [-0.1, -0.05) is 24.3 Å². The number of Topliss-reactive ketones (excluding diaryl/α,β-unsaturated/α-hetero) is 1. The highest BCUT2D eigenvalue weighted by atomic mass is 32.2. The number of thioether (sulfide) groups is 1. The molecule has 2 aromatic carbocycles. The Labute approximate surface area is 167 Å². The third kappa shape index (κ3) is 3.71. The lowest BCUT2D eigenvalue weighted by molar-refractivity contribution is -0.120. The standard InChI is InChI=1S/C21H20N2O4S/c1-13(24)14-7-5-6-10-17(14)22-19(25)18(11-12-28-2)23-20(26)15-8-3-4-9-16(15)21(23)27/h3-10,18H,11-12H2,1-2H3,(H,22,25). The Morgan fingerprint density at radius 2 is 1.57 bits per heavy atom. The minimum absolute atomic E-state index is 0.183. The normalized spacial score (nSPS) is 14.0. The first kappa shape index (κ1) is 19.8. The predicted octanol–water partition coefficient (Wildman–Crippen LogP) is 3.25. The van der Waals surface area contributed by atoms with Gasteiger partial charge in [0.15, 0.2) is 5.78 Å². The maximum absolute atomic E-state index is 13.0. The summed E-state index contributed by atoms with van der Waals surface area (Å²) in [4.78, 5) is 51.5. The van der Waals surface area contributed by atoms with E-state index in [1.807, 2.05) is 6.26 Å². The fourth-order valence-corrected chi connectivity index (χ4v) is 3.67. The SMILES string of the molecule is CSCCC(C(=O)Nc1ccccc1C(C)=O)N1C(=O)c2ccccc2C1=O. The molecule has 0 bridgehead atoms. The van der Waals surface area contributed by atoms with Crippen molar-refractivity contribution in [2.45, 2.75) is 19.4 Å². The average Bonchev–Trinajstić information content (AvgIpc) is 2.94. The van der Waals surface area contributed by atoms with E-state index >= 15 is 0 Å². The van der Waals surface area contributed by atoms with Gasteiger partial charge in [0, 0.05) is 5.56 Å². The molecule has 0 fully saturated rings. The van der Waals surface area contributed by atoms with E-state index in [4.69, 9.17) is 0 Å². The fourth-order valence-electron chi connectivity index (χ4n) is 3.21. The molecule has 0 aromatic heterocycles. The quantitative estimate of drug-likeness (QED) is 0.574. The summed E-state index contributed by atoms with van der Waals surface area (Å²) < 4.78 is 0. The Morgan fingerprint density at radius 3 is 2.14 bits per heavy atom. The van der Waals surface area contributed by atoms with E-state index in [1.165, 1.54) is 18.7 Å². The lowest BCUT2D eigenvalue weighted by Crippen LogP contribution is -2.47. The summed E-state index contributed by atoms with van der Waals surface area (Å²) in [5, 5.41) is 2.73. The summed E-state index contributed by atoms with van der Waals surface area (Å²) in [6.45, 7) is 1.42. The smallest absolute Gasteiger partial charge is 0.262 e. The molecule has 0 radical (unpaired) electrons. The number of fused-ring (bicyclic) bond motifs is 1. The van der Waals surface area contributed by atoms with Crippen LogP contribution in [0.2, 0.25) is 0 Å². The van der Waals surface area contributed by atoms with Crippen LogP contribution in [0.1, 0.15) is 44.4 Å². The minimum atomic E-state index is -0.958. The van der Waals surface area contributed by atoms with Crippen LogP contribution in [0.4, 0.5) is 5.69 Å². The van der Waals surface area contributed by atoms with Crippen molar-refractivity contribution in [3.63, 3.8) is 0 Å². The summed E-state index contributed by atoms with van der Waals surface area (Å²) in [6.07, 6.45) is 2.21. The first-order chi connectivity index (χ1) is 13.5. The van der Waals surface area contributed by atoms with Gasteiger partial charge in [-0.3, -0.25) is 24.1 Å². The van der Waals surface area contributed by atoms with Gasteiger partial charge in [0.05, 0.1) is 16.8 Å². The molecule has 3 rings (SSSR count). The second-order valence-corrected chi connectivity index (χ2v) is 7.40. The van der Waals surface area contributed by atoms with Crippen molar-refractivity contribution in [3.05, 3.63) is 65.2 Å². The molecule has 144 valence electrons. The molecular weight excluding hydrogens is 376 g/mol. The van der Waals surface area contributed by atoms with Gasteiger partial charge in [-0.05, 0) is 49.6 Å². The average molecular weight is 396 g/mol. The van der Waals surface area contributed by atoms with Crippen molar-refractivity contribution in [1.82, 2.24) is 4.90 Å². The van der Waals surface area contributed by atoms with Gasteiger partial charge in [0.1, 0.15) is 6.04 Å². The number of rotatable bonds is 7. The Hall–Kier alpha value is -2.93. The summed E-state index contributed by atoms with van der Waals surface area (Å²) in [5.41, 5.74) is 1.35. The topological polar surface area (TPSA) is 83.6 Å². The second-order valence-electron chi connectivity index (χ2n) is 6.41. The van der Waals surface area contributed by atoms with Gasteiger partial charge >= 0.3 is 0 Å². The zero-order chi connectivity index (χ0) is 20.3. The summed E-state index contributed by atoms with van der Waals surface area (Å²) >= 11 is 1.52. The third-order valence-electron chi connectivity index (χ3n) is 4.60. The van der Waals surface area contributed by atoms with E-state index in [9.17, 15) is 19.2 Å². The molecule has 1 N–H and O–H groups in total. The van der Waals surface area contributed by atoms with Crippen molar-refractivity contribution >= 4 is 41.0 Å². The highest BCUT2D eigenvalue weighted by Crippen LogP contribution is 2.27. The summed E-state index contributed by atoms with van der Waals surface area (Å²) in [6, 6.07) is 12.3. The molecule has 3 amide bonds. The van der Waals surface area contributed by atoms with Crippen LogP contribution in [0, 0.1) is 0 Å². The molecule has 7 heteroatoms. The number of para-hydroxylation sites is 1. The zero-order valence-electron chi connectivity index (χ0n) is 15.6. The molecule has 1 unspecified atom stereocenters. The molecule has 6 nitrogen and oxygen atoms in total. The number of amides is 3. The highest BCUT2D eigenvalue weighted by molar-refractivity contribution is 7.98. The summed E-state index contributed by atoms with van der Waals surface area (Å²) in [7, 11) is 0. The van der Waals surface area contributed by atoms with E-state index in [2.05, 4.69) is 5.32 Å². The number of nitrogens with zero attached hydrogens (tertiary/aromatic N) is 1. The van der Waals surface area contributed by atoms with Crippen molar-refractivity contribution < 1.29 is 19.2 Å². The first-order valence-electron chi connectivity index (χ1n) is 8.82. The number of ketones is 1. The number of anilines is 1. The van der Waals surface area contributed by atoms with Crippen molar-refractivity contribution in [3.8, 4) is 0 Å². The van der Waals surface area contributed by atoms with Gasteiger partial charge in [0.2, 0.25) is 5.91 Å². The van der Waals surface area contributed by atoms with E-state index in [0.717, 1.165) is 4.90 Å². The molecule has 1 atom stereocenters. The number of nitrogens with one attached hydrogen (secondary N) is 1. The molecule has 28 heavy (non-hydrogen) atoms. The van der Waals surface area contributed by atoms with Crippen LogP contribution in [-0.4, -0.2) is 46.5 Å². The molecule has 0 spiro atoms. The van der Waals surface area contributed by atoms with E-state index in [-0.39, 0.29) is 5.78 Å². The van der Waals surface area contributed by atoms with Gasteiger partial charge in [-0.2, -0.15) is 11.8 Å². The van der Waals surface area contributed by atoms with Gasteiger partial charge in [0.25, 0.3) is 11.8 Å². The Morgan fingerprint density at radius 1 is 1.00 bits per heavy atom. The lowest BCUT2D eigenvalue weighted by Gasteiger charge is -2.25. The molecular formula is C21H20N2O4S. The Kier molecular flexibility index (Phi) is 5.94. The predicted molar refractivity (Wildman–Crippen MR) is 109 cm³/mol. The van der Waals surface area contributed by atoms with Crippen LogP contribution in [0.15, 0.2) is 48.5 Å². The van der Waals surface area contributed by atoms with Gasteiger partial charge in [-0.15, -0.1) is 0 Å². The Bertz CT molecular complexity index is 922. The number of imide groups is 1. The van der Waals surface area contributed by atoms with Crippen LogP contribution in [0.25, 0.3) is 0 Å². The van der Waals surface area contributed by atoms with Crippen LogP contribution in [0.3, 0.4) is 0 Å². The van der Waals surface area contributed by atoms with Crippen LogP contribution in [-0.2, 0) is 4.79 Å². The molecule has 1 aliphatic heterocycles. The maximum atomic E-state index is 13.0. The summed E-state index contributed by atoms with van der Waals surface area (Å²) in [5.74, 6) is -1.02. The van der Waals surface area contributed by atoms with E-state index in [0.29, 0.717) is 34.6 Å². The molecule has 0 aliphatic carbocycles. The number of carbonyl (C=O) groups excluding carboxylic acids is 4. The highest BCUT2D eigenvalue weighted by Gasteiger charge is 2.42. The molecule has 2 aromatic rings. The lowest BCUT2D eigenvalue weighted by atomic mass is 10.1. The fraction of sp³-hybridized carbons (Fsp3) is 0.238. The number of benzene rings is 2. The zero-order valence-corrected chi connectivity index (χ0v) is 16.4. The molecule has 0 saturated heterocycles. The second kappa shape index (κ2) is 8.39. The number of hydrogen-bond donors (Lipinski definition) is 1. The van der Waals surface area contributed by atoms with Crippen molar-refractivity contribution in [1.29, 1.82) is 0 Å². The first-order valence-corrected chi connectivity index (χ1v) is 10.2. The molecule has 1 heterocycles. The monoisotopic (exact) mass is 396 g/mol.